The third kappa shape index (κ3) is 4.92. The number of hydrogen-bond acceptors (Lipinski definition) is 4. The Kier molecular flexibility index (Phi) is 6.42. The Balaban J connectivity index is 1.44. The number of carbonyl (C=O) groups is 3. The van der Waals surface area contributed by atoms with E-state index in [1.165, 1.54) is 0 Å². The molecule has 162 valence electrons. The van der Waals surface area contributed by atoms with Crippen LogP contribution in [0.3, 0.4) is 0 Å². The second kappa shape index (κ2) is 9.40. The van der Waals surface area contributed by atoms with Gasteiger partial charge in [0.1, 0.15) is 0 Å². The molecule has 1 unspecified atom stereocenters. The summed E-state index contributed by atoms with van der Waals surface area (Å²) in [6.07, 6.45) is 0.522. The molecule has 3 aromatic carbocycles. The van der Waals surface area contributed by atoms with Crippen molar-refractivity contribution in [2.75, 3.05) is 7.05 Å². The van der Waals surface area contributed by atoms with E-state index in [2.05, 4.69) is 11.4 Å². The molecule has 5 nitrogen and oxygen atoms in total. The van der Waals surface area contributed by atoms with Crippen molar-refractivity contribution in [3.05, 3.63) is 95.1 Å². The topological polar surface area (TPSA) is 66.5 Å². The van der Waals surface area contributed by atoms with Gasteiger partial charge in [0.05, 0.1) is 5.25 Å². The minimum atomic E-state index is -0.363. The molecular formula is C26H24N2O3S. The lowest BCUT2D eigenvalue weighted by Gasteiger charge is -2.19. The van der Waals surface area contributed by atoms with Crippen LogP contribution in [-0.4, -0.2) is 34.3 Å². The van der Waals surface area contributed by atoms with Crippen molar-refractivity contribution in [1.82, 2.24) is 10.2 Å². The number of rotatable bonds is 6. The van der Waals surface area contributed by atoms with Gasteiger partial charge < -0.3 is 4.90 Å². The van der Waals surface area contributed by atoms with Crippen molar-refractivity contribution in [2.45, 2.75) is 25.1 Å². The molecule has 3 amide bonds. The molecule has 1 N–H and O–H groups in total. The Labute approximate surface area is 191 Å². The number of benzene rings is 3. The first-order chi connectivity index (χ1) is 15.4. The number of aryl methyl sites for hydroxylation is 1. The van der Waals surface area contributed by atoms with Crippen LogP contribution < -0.4 is 5.32 Å². The highest BCUT2D eigenvalue weighted by molar-refractivity contribution is 8.15. The van der Waals surface area contributed by atoms with Gasteiger partial charge in [-0.2, -0.15) is 0 Å². The molecule has 0 spiro atoms. The number of amides is 3. The molecule has 6 heteroatoms. The van der Waals surface area contributed by atoms with Crippen molar-refractivity contribution in [3.8, 4) is 11.1 Å². The molecule has 3 aromatic rings. The molecule has 1 saturated heterocycles. The highest BCUT2D eigenvalue weighted by Gasteiger charge is 2.31. The second-order valence-electron chi connectivity index (χ2n) is 7.96. The Morgan fingerprint density at radius 3 is 2.38 bits per heavy atom. The fraction of sp³-hybridized carbons (Fsp3) is 0.192. The van der Waals surface area contributed by atoms with Gasteiger partial charge in [0.15, 0.2) is 0 Å². The van der Waals surface area contributed by atoms with Gasteiger partial charge in [-0.1, -0.05) is 72.4 Å². The predicted octanol–water partition coefficient (Wildman–Crippen LogP) is 4.83. The molecule has 32 heavy (non-hydrogen) atoms. The van der Waals surface area contributed by atoms with E-state index in [4.69, 9.17) is 0 Å². The molecular weight excluding hydrogens is 420 g/mol. The highest BCUT2D eigenvalue weighted by atomic mass is 32.2. The first-order valence-corrected chi connectivity index (χ1v) is 11.3. The maximum atomic E-state index is 12.8. The molecule has 1 aliphatic heterocycles. The van der Waals surface area contributed by atoms with Crippen LogP contribution in [0.4, 0.5) is 4.79 Å². The number of imide groups is 1. The summed E-state index contributed by atoms with van der Waals surface area (Å²) in [6.45, 7) is 2.46. The van der Waals surface area contributed by atoms with Gasteiger partial charge in [-0.05, 0) is 53.3 Å². The summed E-state index contributed by atoms with van der Waals surface area (Å²) in [6, 6.07) is 23.8. The summed E-state index contributed by atoms with van der Waals surface area (Å²) in [5.41, 5.74) is 5.87. The zero-order chi connectivity index (χ0) is 22.7. The van der Waals surface area contributed by atoms with Gasteiger partial charge in [-0.3, -0.25) is 19.7 Å². The van der Waals surface area contributed by atoms with E-state index in [9.17, 15) is 14.4 Å². The molecule has 0 aliphatic carbocycles. The van der Waals surface area contributed by atoms with Crippen molar-refractivity contribution in [2.24, 2.45) is 0 Å². The normalized spacial score (nSPS) is 15.5. The maximum absolute atomic E-state index is 12.8. The zero-order valence-corrected chi connectivity index (χ0v) is 18.8. The van der Waals surface area contributed by atoms with Crippen LogP contribution >= 0.6 is 11.8 Å². The van der Waals surface area contributed by atoms with E-state index >= 15 is 0 Å². The largest absolute Gasteiger partial charge is 0.337 e. The monoisotopic (exact) mass is 444 g/mol. The van der Waals surface area contributed by atoms with Gasteiger partial charge in [0, 0.05) is 19.2 Å². The van der Waals surface area contributed by atoms with Crippen LogP contribution in [-0.2, 0) is 17.8 Å². The van der Waals surface area contributed by atoms with Gasteiger partial charge in [-0.25, -0.2) is 0 Å². The number of hydrogen-bond donors (Lipinski definition) is 1. The van der Waals surface area contributed by atoms with Gasteiger partial charge in [0.25, 0.3) is 11.1 Å². The average molecular weight is 445 g/mol. The van der Waals surface area contributed by atoms with Gasteiger partial charge in [0.2, 0.25) is 5.91 Å². The van der Waals surface area contributed by atoms with E-state index in [1.807, 2.05) is 80.7 Å². The minimum Gasteiger partial charge on any atom is -0.337 e. The second-order valence-corrected chi connectivity index (χ2v) is 9.14. The van der Waals surface area contributed by atoms with E-state index in [0.717, 1.165) is 45.1 Å². The molecule has 0 aromatic heterocycles. The van der Waals surface area contributed by atoms with Crippen LogP contribution in [0.2, 0.25) is 0 Å². The Bertz CT molecular complexity index is 1170. The van der Waals surface area contributed by atoms with Gasteiger partial charge >= 0.3 is 0 Å². The zero-order valence-electron chi connectivity index (χ0n) is 18.0. The average Bonchev–Trinajstić information content (AvgIpc) is 3.10. The Morgan fingerprint density at radius 2 is 1.69 bits per heavy atom. The number of nitrogens with one attached hydrogen (secondary N) is 1. The number of thioether (sulfide) groups is 1. The molecule has 4 rings (SSSR count). The SMILES string of the molecule is Cc1ccccc1C(=O)N(C)Cc1cccc(-c2ccc(CC3SC(=O)NC3=O)cc2)c1. The van der Waals surface area contributed by atoms with Crippen LogP contribution in [0.25, 0.3) is 11.1 Å². The maximum Gasteiger partial charge on any atom is 0.286 e. The van der Waals surface area contributed by atoms with Crippen molar-refractivity contribution in [3.63, 3.8) is 0 Å². The molecule has 1 aliphatic rings. The number of carbonyl (C=O) groups excluding carboxylic acids is 3. The molecule has 0 saturated carbocycles. The summed E-state index contributed by atoms with van der Waals surface area (Å²) in [5, 5.41) is 1.68. The fourth-order valence-corrected chi connectivity index (χ4v) is 4.65. The van der Waals surface area contributed by atoms with Gasteiger partial charge in [-0.15, -0.1) is 0 Å². The predicted molar refractivity (Wildman–Crippen MR) is 127 cm³/mol. The smallest absolute Gasteiger partial charge is 0.286 e. The summed E-state index contributed by atoms with van der Waals surface area (Å²) in [5.74, 6) is -0.216. The van der Waals surface area contributed by atoms with E-state index in [1.54, 1.807) is 4.90 Å². The van der Waals surface area contributed by atoms with Crippen LogP contribution in [0.5, 0.6) is 0 Å². The molecule has 1 atom stereocenters. The summed E-state index contributed by atoms with van der Waals surface area (Å²) in [4.78, 5) is 37.7. The van der Waals surface area contributed by atoms with E-state index < -0.39 is 0 Å². The molecule has 0 bridgehead atoms. The summed E-state index contributed by atoms with van der Waals surface area (Å²) in [7, 11) is 1.82. The Hall–Kier alpha value is -3.38. The lowest BCUT2D eigenvalue weighted by molar-refractivity contribution is -0.118. The summed E-state index contributed by atoms with van der Waals surface area (Å²) >= 11 is 1.05. The third-order valence-electron chi connectivity index (χ3n) is 5.54. The van der Waals surface area contributed by atoms with E-state index in [0.29, 0.717) is 13.0 Å². The minimum absolute atomic E-state index is 0.00478. The van der Waals surface area contributed by atoms with Crippen LogP contribution in [0, 0.1) is 6.92 Å². The quantitative estimate of drug-likeness (QED) is 0.592. The third-order valence-corrected chi connectivity index (χ3v) is 6.53. The molecule has 1 fully saturated rings. The van der Waals surface area contributed by atoms with Crippen molar-refractivity contribution in [1.29, 1.82) is 0 Å². The van der Waals surface area contributed by atoms with E-state index in [-0.39, 0.29) is 22.3 Å². The Morgan fingerprint density at radius 1 is 0.938 bits per heavy atom. The highest BCUT2D eigenvalue weighted by Crippen LogP contribution is 2.26. The van der Waals surface area contributed by atoms with Crippen molar-refractivity contribution < 1.29 is 14.4 Å². The van der Waals surface area contributed by atoms with Crippen molar-refractivity contribution >= 4 is 28.8 Å². The number of nitrogens with zero attached hydrogens (tertiary/aromatic N) is 1. The van der Waals surface area contributed by atoms with Crippen LogP contribution in [0.15, 0.2) is 72.8 Å². The molecule has 1 heterocycles. The fourth-order valence-electron chi connectivity index (χ4n) is 3.79. The lowest BCUT2D eigenvalue weighted by Crippen LogP contribution is -2.26. The standard InChI is InChI=1S/C26H24N2O3S/c1-17-6-3-4-9-22(17)25(30)28(2)16-19-7-5-8-21(14-19)20-12-10-18(11-13-20)15-23-24(29)27-26(31)32-23/h3-14,23H,15-16H2,1-2H3,(H,27,29,31). The first kappa shape index (κ1) is 21.8. The lowest BCUT2D eigenvalue weighted by atomic mass is 10.00. The first-order valence-electron chi connectivity index (χ1n) is 10.4. The molecule has 0 radical (unpaired) electrons. The summed E-state index contributed by atoms with van der Waals surface area (Å²) < 4.78 is 0. The van der Waals surface area contributed by atoms with Crippen LogP contribution in [0.1, 0.15) is 27.0 Å².